The number of ether oxygens (including phenoxy) is 2. The van der Waals surface area contributed by atoms with E-state index in [1.165, 1.54) is 37.4 Å². The van der Waals surface area contributed by atoms with E-state index in [4.69, 9.17) is 16.3 Å². The minimum absolute atomic E-state index is 0.0631. The Labute approximate surface area is 156 Å². The number of hydrogen-bond acceptors (Lipinski definition) is 6. The molecule has 0 radical (unpaired) electrons. The smallest absolute Gasteiger partial charge is 0.337 e. The second-order valence-corrected chi connectivity index (χ2v) is 7.78. The third-order valence-corrected chi connectivity index (χ3v) is 5.66. The van der Waals surface area contributed by atoms with Crippen LogP contribution in [0.5, 0.6) is 5.75 Å². The van der Waals surface area contributed by atoms with Gasteiger partial charge in [0.2, 0.25) is 0 Å². The highest BCUT2D eigenvalue weighted by atomic mass is 35.5. The Morgan fingerprint density at radius 3 is 2.77 bits per heavy atom. The van der Waals surface area contributed by atoms with E-state index < -0.39 is 16.0 Å². The number of esters is 1. The Balaban J connectivity index is 1.95. The van der Waals surface area contributed by atoms with Gasteiger partial charge in [-0.25, -0.2) is 13.2 Å². The molecule has 0 saturated carbocycles. The summed E-state index contributed by atoms with van der Waals surface area (Å²) >= 11 is 6.07. The fourth-order valence-electron chi connectivity index (χ4n) is 2.55. The number of carbonyl (C=O) groups is 1. The van der Waals surface area contributed by atoms with Gasteiger partial charge in [0, 0.05) is 7.05 Å². The fourth-order valence-corrected chi connectivity index (χ4v) is 3.86. The zero-order valence-corrected chi connectivity index (χ0v) is 15.7. The quantitative estimate of drug-likeness (QED) is 0.800. The average Bonchev–Trinajstić information content (AvgIpc) is 2.62. The van der Waals surface area contributed by atoms with Gasteiger partial charge in [0.05, 0.1) is 40.5 Å². The number of carbonyl (C=O) groups excluding carboxylic acids is 1. The first kappa shape index (κ1) is 18.3. The number of anilines is 2. The van der Waals surface area contributed by atoms with Gasteiger partial charge in [-0.3, -0.25) is 4.72 Å². The van der Waals surface area contributed by atoms with Gasteiger partial charge in [-0.05, 0) is 36.4 Å². The van der Waals surface area contributed by atoms with E-state index in [2.05, 4.69) is 9.46 Å². The predicted octanol–water partition coefficient (Wildman–Crippen LogP) is 2.76. The van der Waals surface area contributed by atoms with Gasteiger partial charge in [-0.1, -0.05) is 11.6 Å². The average molecular weight is 397 g/mol. The van der Waals surface area contributed by atoms with Crippen molar-refractivity contribution in [2.24, 2.45) is 0 Å². The number of methoxy groups -OCH3 is 1. The van der Waals surface area contributed by atoms with Gasteiger partial charge in [0.1, 0.15) is 12.4 Å². The fraction of sp³-hybridized carbons (Fsp3) is 0.235. The molecule has 9 heteroatoms. The van der Waals surface area contributed by atoms with Crippen LogP contribution in [0.4, 0.5) is 11.4 Å². The maximum absolute atomic E-state index is 12.8. The molecule has 138 valence electrons. The molecule has 0 atom stereocenters. The molecule has 1 aliphatic heterocycles. The molecule has 1 N–H and O–H groups in total. The van der Waals surface area contributed by atoms with Crippen molar-refractivity contribution in [2.75, 3.05) is 36.9 Å². The van der Waals surface area contributed by atoms with Gasteiger partial charge in [-0.15, -0.1) is 0 Å². The number of benzene rings is 2. The molecule has 0 amide bonds. The highest BCUT2D eigenvalue weighted by Gasteiger charge is 2.22. The predicted molar refractivity (Wildman–Crippen MR) is 98.8 cm³/mol. The number of sulfonamides is 1. The van der Waals surface area contributed by atoms with Crippen LogP contribution in [0.2, 0.25) is 5.02 Å². The Hall–Kier alpha value is -2.45. The molecule has 0 aliphatic carbocycles. The summed E-state index contributed by atoms with van der Waals surface area (Å²) in [6, 6.07) is 8.83. The van der Waals surface area contributed by atoms with E-state index >= 15 is 0 Å². The second-order valence-electron chi connectivity index (χ2n) is 5.69. The van der Waals surface area contributed by atoms with Crippen LogP contribution in [0.25, 0.3) is 0 Å². The molecule has 3 rings (SSSR count). The summed E-state index contributed by atoms with van der Waals surface area (Å²) in [6.45, 7) is 1.21. The Bertz CT molecular complexity index is 962. The number of rotatable bonds is 4. The summed E-state index contributed by atoms with van der Waals surface area (Å²) in [6.07, 6.45) is 0. The molecular formula is C17H17ClN2O5S. The molecule has 26 heavy (non-hydrogen) atoms. The molecular weight excluding hydrogens is 380 g/mol. The maximum Gasteiger partial charge on any atom is 0.337 e. The van der Waals surface area contributed by atoms with Gasteiger partial charge in [0.25, 0.3) is 10.0 Å². The molecule has 1 aliphatic rings. The third-order valence-electron chi connectivity index (χ3n) is 3.97. The molecule has 0 unspecified atom stereocenters. The van der Waals surface area contributed by atoms with Gasteiger partial charge in [0.15, 0.2) is 0 Å². The first-order chi connectivity index (χ1) is 12.3. The van der Waals surface area contributed by atoms with Crippen LogP contribution in [0, 0.1) is 0 Å². The topological polar surface area (TPSA) is 84.9 Å². The number of nitrogens with one attached hydrogen (secondary N) is 1. The lowest BCUT2D eigenvalue weighted by molar-refractivity contribution is 0.0601. The van der Waals surface area contributed by atoms with Crippen molar-refractivity contribution in [3.8, 4) is 5.75 Å². The van der Waals surface area contributed by atoms with E-state index in [-0.39, 0.29) is 21.2 Å². The highest BCUT2D eigenvalue weighted by Crippen LogP contribution is 2.34. The zero-order valence-electron chi connectivity index (χ0n) is 14.2. The van der Waals surface area contributed by atoms with Crippen LogP contribution in [-0.2, 0) is 14.8 Å². The first-order valence-corrected chi connectivity index (χ1v) is 9.56. The van der Waals surface area contributed by atoms with Crippen molar-refractivity contribution in [2.45, 2.75) is 4.90 Å². The summed E-state index contributed by atoms with van der Waals surface area (Å²) in [4.78, 5) is 13.6. The summed E-state index contributed by atoms with van der Waals surface area (Å²) in [5.74, 6) is 0.0399. The Morgan fingerprint density at radius 1 is 1.27 bits per heavy atom. The van der Waals surface area contributed by atoms with Crippen LogP contribution < -0.4 is 14.4 Å². The molecule has 1 heterocycles. The lowest BCUT2D eigenvalue weighted by Crippen LogP contribution is -2.29. The largest absolute Gasteiger partial charge is 0.490 e. The van der Waals surface area contributed by atoms with Crippen molar-refractivity contribution in [1.29, 1.82) is 0 Å². The SMILES string of the molecule is COC(=O)c1ccc(Cl)c(NS(=O)(=O)c2ccc3c(c2)N(C)CCO3)c1. The van der Waals surface area contributed by atoms with Gasteiger partial charge in [-0.2, -0.15) is 0 Å². The normalized spacial score (nSPS) is 13.6. The van der Waals surface area contributed by atoms with Crippen LogP contribution in [0.3, 0.4) is 0 Å². The number of halogens is 1. The van der Waals surface area contributed by atoms with Crippen molar-refractivity contribution < 1.29 is 22.7 Å². The lowest BCUT2D eigenvalue weighted by atomic mass is 10.2. The monoisotopic (exact) mass is 396 g/mol. The van der Waals surface area contributed by atoms with E-state index in [9.17, 15) is 13.2 Å². The zero-order chi connectivity index (χ0) is 18.9. The molecule has 0 saturated heterocycles. The van der Waals surface area contributed by atoms with Gasteiger partial charge >= 0.3 is 5.97 Å². The summed E-state index contributed by atoms with van der Waals surface area (Å²) < 4.78 is 38.1. The molecule has 0 spiro atoms. The van der Waals surface area contributed by atoms with E-state index in [0.29, 0.717) is 24.6 Å². The van der Waals surface area contributed by atoms with E-state index in [1.54, 1.807) is 6.07 Å². The molecule has 0 aromatic heterocycles. The third kappa shape index (κ3) is 3.56. The Morgan fingerprint density at radius 2 is 2.04 bits per heavy atom. The van der Waals surface area contributed by atoms with Crippen LogP contribution in [0.15, 0.2) is 41.3 Å². The minimum Gasteiger partial charge on any atom is -0.490 e. The Kier molecular flexibility index (Phi) is 4.97. The molecule has 0 bridgehead atoms. The van der Waals surface area contributed by atoms with Crippen LogP contribution >= 0.6 is 11.6 Å². The van der Waals surface area contributed by atoms with Crippen LogP contribution in [-0.4, -0.2) is 41.7 Å². The number of fused-ring (bicyclic) bond motifs is 1. The molecule has 2 aromatic rings. The van der Waals surface area contributed by atoms with Crippen molar-refractivity contribution in [1.82, 2.24) is 0 Å². The number of likely N-dealkylation sites (N-methyl/N-ethyl adjacent to an activating group) is 1. The number of nitrogens with zero attached hydrogens (tertiary/aromatic N) is 1. The van der Waals surface area contributed by atoms with Crippen molar-refractivity contribution in [3.05, 3.63) is 47.0 Å². The minimum atomic E-state index is -3.91. The van der Waals surface area contributed by atoms with Gasteiger partial charge < -0.3 is 14.4 Å². The molecule has 7 nitrogen and oxygen atoms in total. The summed E-state index contributed by atoms with van der Waals surface area (Å²) in [5.41, 5.74) is 0.971. The summed E-state index contributed by atoms with van der Waals surface area (Å²) in [5, 5.41) is 0.166. The molecule has 0 fully saturated rings. The maximum atomic E-state index is 12.8. The highest BCUT2D eigenvalue weighted by molar-refractivity contribution is 7.92. The number of hydrogen-bond donors (Lipinski definition) is 1. The van der Waals surface area contributed by atoms with Crippen LogP contribution in [0.1, 0.15) is 10.4 Å². The van der Waals surface area contributed by atoms with Crippen molar-refractivity contribution >= 4 is 39.0 Å². The van der Waals surface area contributed by atoms with E-state index in [1.807, 2.05) is 11.9 Å². The second kappa shape index (κ2) is 7.05. The lowest BCUT2D eigenvalue weighted by Gasteiger charge is -2.28. The summed E-state index contributed by atoms with van der Waals surface area (Å²) in [7, 11) is -0.805. The standard InChI is InChI=1S/C17H17ClN2O5S/c1-20-7-8-25-16-6-4-12(10-15(16)20)26(22,23)19-14-9-11(17(21)24-2)3-5-13(14)18/h3-6,9-10,19H,7-8H2,1-2H3. The first-order valence-electron chi connectivity index (χ1n) is 7.70. The molecule has 2 aromatic carbocycles. The van der Waals surface area contributed by atoms with E-state index in [0.717, 1.165) is 0 Å². The van der Waals surface area contributed by atoms with Crippen molar-refractivity contribution in [3.63, 3.8) is 0 Å².